The number of aryl methyl sites for hydroxylation is 2. The summed E-state index contributed by atoms with van der Waals surface area (Å²) in [6.07, 6.45) is 0. The van der Waals surface area contributed by atoms with E-state index in [1.165, 1.54) is 11.3 Å². The minimum atomic E-state index is 0.156. The van der Waals surface area contributed by atoms with E-state index in [0.29, 0.717) is 6.54 Å². The van der Waals surface area contributed by atoms with E-state index >= 15 is 0 Å². The Bertz CT molecular complexity index is 568. The van der Waals surface area contributed by atoms with Gasteiger partial charge in [0.15, 0.2) is 0 Å². The van der Waals surface area contributed by atoms with Crippen molar-refractivity contribution in [2.45, 2.75) is 33.5 Å². The Labute approximate surface area is 134 Å². The number of aliphatic hydroxyl groups excluding tert-OH is 1. The van der Waals surface area contributed by atoms with E-state index in [1.807, 2.05) is 29.8 Å². The van der Waals surface area contributed by atoms with E-state index in [0.717, 1.165) is 29.8 Å². The highest BCUT2D eigenvalue weighted by Crippen LogP contribution is 2.23. The third kappa shape index (κ3) is 4.15. The van der Waals surface area contributed by atoms with E-state index in [1.54, 1.807) is 0 Å². The normalized spacial score (nSPS) is 11.3. The van der Waals surface area contributed by atoms with Gasteiger partial charge in [0.1, 0.15) is 0 Å². The van der Waals surface area contributed by atoms with Crippen LogP contribution in [0.25, 0.3) is 0 Å². The van der Waals surface area contributed by atoms with Gasteiger partial charge in [0, 0.05) is 26.2 Å². The van der Waals surface area contributed by atoms with Crippen LogP contribution in [0.4, 0.5) is 0 Å². The van der Waals surface area contributed by atoms with Gasteiger partial charge in [0.05, 0.1) is 22.5 Å². The van der Waals surface area contributed by atoms with Crippen molar-refractivity contribution in [1.82, 2.24) is 14.7 Å². The van der Waals surface area contributed by atoms with Crippen LogP contribution < -0.4 is 0 Å². The quantitative estimate of drug-likeness (QED) is 0.833. The molecular weight excluding hydrogens is 330 g/mol. The molecule has 0 amide bonds. The van der Waals surface area contributed by atoms with Crippen LogP contribution in [-0.4, -0.2) is 32.9 Å². The lowest BCUT2D eigenvalue weighted by Gasteiger charge is -2.22. The molecule has 2 aromatic rings. The topological polar surface area (TPSA) is 41.3 Å². The number of benzene rings is 1. The van der Waals surface area contributed by atoms with Crippen LogP contribution in [0.2, 0.25) is 0 Å². The van der Waals surface area contributed by atoms with Crippen LogP contribution in [-0.2, 0) is 19.6 Å². The lowest BCUT2D eigenvalue weighted by atomic mass is 10.2. The molecule has 5 heteroatoms. The minimum Gasteiger partial charge on any atom is -0.395 e. The first-order chi connectivity index (χ1) is 10.2. The number of hydrogen-bond donors (Lipinski definition) is 1. The molecule has 0 radical (unpaired) electrons. The fraction of sp³-hybridized carbons (Fsp3) is 0.438. The molecule has 0 aliphatic carbocycles. The van der Waals surface area contributed by atoms with Crippen LogP contribution in [0.5, 0.6) is 0 Å². The van der Waals surface area contributed by atoms with Crippen molar-refractivity contribution in [3.63, 3.8) is 0 Å². The molecule has 114 valence electrons. The summed E-state index contributed by atoms with van der Waals surface area (Å²) in [4.78, 5) is 2.24. The molecule has 0 fully saturated rings. The van der Waals surface area contributed by atoms with Crippen molar-refractivity contribution in [3.8, 4) is 0 Å². The van der Waals surface area contributed by atoms with Crippen molar-refractivity contribution in [2.24, 2.45) is 0 Å². The van der Waals surface area contributed by atoms with Gasteiger partial charge in [0.2, 0.25) is 0 Å². The van der Waals surface area contributed by atoms with E-state index in [-0.39, 0.29) is 6.61 Å². The van der Waals surface area contributed by atoms with Crippen LogP contribution in [0, 0.1) is 6.92 Å². The second kappa shape index (κ2) is 7.73. The molecule has 0 unspecified atom stereocenters. The Morgan fingerprint density at radius 3 is 2.57 bits per heavy atom. The summed E-state index contributed by atoms with van der Waals surface area (Å²) in [6, 6.07) is 10.3. The molecular formula is C16H22BrN3O. The van der Waals surface area contributed by atoms with Crippen LogP contribution in [0.1, 0.15) is 23.9 Å². The van der Waals surface area contributed by atoms with Crippen molar-refractivity contribution >= 4 is 15.9 Å². The molecule has 1 aromatic carbocycles. The molecule has 0 saturated carbocycles. The first-order valence-electron chi connectivity index (χ1n) is 7.24. The maximum Gasteiger partial charge on any atom is 0.0739 e. The number of aromatic nitrogens is 2. The summed E-state index contributed by atoms with van der Waals surface area (Å²) in [7, 11) is 0. The van der Waals surface area contributed by atoms with Crippen LogP contribution in [0.15, 0.2) is 34.8 Å². The standard InChI is InChI=1S/C16H22BrN3O/c1-3-20-15(16(17)13(2)18-20)12-19(9-10-21)11-14-7-5-4-6-8-14/h4-8,21H,3,9-12H2,1-2H3. The smallest absolute Gasteiger partial charge is 0.0739 e. The molecule has 1 aromatic heterocycles. The summed E-state index contributed by atoms with van der Waals surface area (Å²) in [5.41, 5.74) is 3.43. The second-order valence-electron chi connectivity index (χ2n) is 5.08. The summed E-state index contributed by atoms with van der Waals surface area (Å²) in [5, 5.41) is 13.8. The average molecular weight is 352 g/mol. The molecule has 0 atom stereocenters. The lowest BCUT2D eigenvalue weighted by Crippen LogP contribution is -2.27. The van der Waals surface area contributed by atoms with Gasteiger partial charge in [0.25, 0.3) is 0 Å². The van der Waals surface area contributed by atoms with Crippen LogP contribution in [0.3, 0.4) is 0 Å². The van der Waals surface area contributed by atoms with Gasteiger partial charge in [-0.1, -0.05) is 30.3 Å². The van der Waals surface area contributed by atoms with Gasteiger partial charge in [-0.15, -0.1) is 0 Å². The van der Waals surface area contributed by atoms with Gasteiger partial charge in [-0.2, -0.15) is 5.10 Å². The fourth-order valence-electron chi connectivity index (χ4n) is 2.43. The van der Waals surface area contributed by atoms with E-state index < -0.39 is 0 Å². The predicted molar refractivity (Wildman–Crippen MR) is 88.0 cm³/mol. The Morgan fingerprint density at radius 2 is 1.95 bits per heavy atom. The fourth-order valence-corrected chi connectivity index (χ4v) is 2.84. The molecule has 0 aliphatic heterocycles. The zero-order valence-corrected chi connectivity index (χ0v) is 14.2. The van der Waals surface area contributed by atoms with Crippen LogP contribution >= 0.6 is 15.9 Å². The first-order valence-corrected chi connectivity index (χ1v) is 8.04. The van der Waals surface area contributed by atoms with Gasteiger partial charge in [-0.25, -0.2) is 0 Å². The lowest BCUT2D eigenvalue weighted by molar-refractivity contribution is 0.180. The summed E-state index contributed by atoms with van der Waals surface area (Å²) < 4.78 is 3.09. The summed E-state index contributed by atoms with van der Waals surface area (Å²) >= 11 is 3.63. The number of halogens is 1. The van der Waals surface area contributed by atoms with Gasteiger partial charge >= 0.3 is 0 Å². The zero-order chi connectivity index (χ0) is 15.2. The molecule has 21 heavy (non-hydrogen) atoms. The summed E-state index contributed by atoms with van der Waals surface area (Å²) in [5.74, 6) is 0. The Hall–Kier alpha value is -1.17. The molecule has 1 heterocycles. The van der Waals surface area contributed by atoms with Crippen molar-refractivity contribution in [2.75, 3.05) is 13.2 Å². The maximum absolute atomic E-state index is 9.32. The van der Waals surface area contributed by atoms with Crippen molar-refractivity contribution in [3.05, 3.63) is 51.8 Å². The highest BCUT2D eigenvalue weighted by atomic mass is 79.9. The number of nitrogens with zero attached hydrogens (tertiary/aromatic N) is 3. The highest BCUT2D eigenvalue weighted by Gasteiger charge is 2.16. The monoisotopic (exact) mass is 351 g/mol. The molecule has 0 bridgehead atoms. The molecule has 0 spiro atoms. The number of hydrogen-bond acceptors (Lipinski definition) is 3. The maximum atomic E-state index is 9.32. The molecule has 1 N–H and O–H groups in total. The van der Waals surface area contributed by atoms with Crippen molar-refractivity contribution < 1.29 is 5.11 Å². The predicted octanol–water partition coefficient (Wildman–Crippen LogP) is 2.97. The van der Waals surface area contributed by atoms with E-state index in [2.05, 4.69) is 45.0 Å². The molecule has 0 saturated heterocycles. The largest absolute Gasteiger partial charge is 0.395 e. The SMILES string of the molecule is CCn1nc(C)c(Br)c1CN(CCO)Cc1ccccc1. The minimum absolute atomic E-state index is 0.156. The molecule has 4 nitrogen and oxygen atoms in total. The van der Waals surface area contributed by atoms with E-state index in [4.69, 9.17) is 0 Å². The first kappa shape index (κ1) is 16.2. The molecule has 2 rings (SSSR count). The van der Waals surface area contributed by atoms with Gasteiger partial charge in [-0.3, -0.25) is 9.58 Å². The highest BCUT2D eigenvalue weighted by molar-refractivity contribution is 9.10. The Kier molecular flexibility index (Phi) is 5.96. The Balaban J connectivity index is 2.16. The molecule has 0 aliphatic rings. The zero-order valence-electron chi connectivity index (χ0n) is 12.6. The third-order valence-electron chi connectivity index (χ3n) is 3.49. The second-order valence-corrected chi connectivity index (χ2v) is 5.87. The number of rotatable bonds is 7. The van der Waals surface area contributed by atoms with E-state index in [9.17, 15) is 5.11 Å². The third-order valence-corrected chi connectivity index (χ3v) is 4.52. The summed E-state index contributed by atoms with van der Waals surface area (Å²) in [6.45, 7) is 7.34. The van der Waals surface area contributed by atoms with Crippen molar-refractivity contribution in [1.29, 1.82) is 0 Å². The van der Waals surface area contributed by atoms with Gasteiger partial charge < -0.3 is 5.11 Å². The van der Waals surface area contributed by atoms with Gasteiger partial charge in [-0.05, 0) is 35.3 Å². The average Bonchev–Trinajstić information content (AvgIpc) is 2.76. The Morgan fingerprint density at radius 1 is 1.24 bits per heavy atom. The number of aliphatic hydroxyl groups is 1.